The van der Waals surface area contributed by atoms with Gasteiger partial charge in [-0.1, -0.05) is 35.9 Å². The molecule has 0 heterocycles. The van der Waals surface area contributed by atoms with E-state index in [9.17, 15) is 9.59 Å². The molecule has 2 aromatic carbocycles. The molecule has 0 bridgehead atoms. The minimum Gasteiger partial charge on any atom is -0.455 e. The summed E-state index contributed by atoms with van der Waals surface area (Å²) in [6.45, 7) is -0.216. The van der Waals surface area contributed by atoms with Crippen molar-refractivity contribution >= 4 is 46.0 Å². The summed E-state index contributed by atoms with van der Waals surface area (Å²) in [7, 11) is 0. The molecule has 4 nitrogen and oxygen atoms in total. The van der Waals surface area contributed by atoms with Crippen molar-refractivity contribution in [2.24, 2.45) is 0 Å². The zero-order valence-electron chi connectivity index (χ0n) is 12.4. The number of esters is 1. The van der Waals surface area contributed by atoms with Crippen LogP contribution in [-0.2, 0) is 14.3 Å². The standard InChI is InChI=1S/C17H16ClNO3S/c18-13-5-1-3-11-4-2-6-14(17(11)13)23-10-16(21)22-9-15(20)19-12-7-8-12/h1-6,12H,7-10H2,(H,19,20). The van der Waals surface area contributed by atoms with E-state index in [-0.39, 0.29) is 24.3 Å². The van der Waals surface area contributed by atoms with Crippen LogP contribution in [0.15, 0.2) is 41.3 Å². The molecule has 2 aromatic rings. The van der Waals surface area contributed by atoms with E-state index in [2.05, 4.69) is 5.32 Å². The average Bonchev–Trinajstić information content (AvgIpc) is 3.35. The lowest BCUT2D eigenvalue weighted by Gasteiger charge is -2.08. The quantitative estimate of drug-likeness (QED) is 0.641. The minimum absolute atomic E-state index is 0.140. The molecule has 1 aliphatic rings. The number of amides is 1. The van der Waals surface area contributed by atoms with E-state index in [1.54, 1.807) is 0 Å². The highest BCUT2D eigenvalue weighted by molar-refractivity contribution is 8.00. The molecule has 1 aliphatic carbocycles. The summed E-state index contributed by atoms with van der Waals surface area (Å²) >= 11 is 7.61. The number of ether oxygens (including phenoxy) is 1. The largest absolute Gasteiger partial charge is 0.455 e. The molecule has 0 aromatic heterocycles. The Bertz CT molecular complexity index is 740. The second kappa shape index (κ2) is 7.23. The molecule has 1 amide bonds. The second-order valence-electron chi connectivity index (χ2n) is 5.39. The van der Waals surface area contributed by atoms with E-state index in [0.717, 1.165) is 28.5 Å². The molecular weight excluding hydrogens is 334 g/mol. The van der Waals surface area contributed by atoms with Crippen molar-refractivity contribution in [2.45, 2.75) is 23.8 Å². The van der Waals surface area contributed by atoms with E-state index in [1.165, 1.54) is 11.8 Å². The van der Waals surface area contributed by atoms with E-state index in [1.807, 2.05) is 36.4 Å². The van der Waals surface area contributed by atoms with Crippen LogP contribution in [0.5, 0.6) is 0 Å². The van der Waals surface area contributed by atoms with Crippen LogP contribution in [0.3, 0.4) is 0 Å². The predicted octanol–water partition coefficient (Wildman–Crippen LogP) is 3.41. The van der Waals surface area contributed by atoms with Gasteiger partial charge in [0.05, 0.1) is 5.75 Å². The third-order valence-electron chi connectivity index (χ3n) is 3.47. The summed E-state index contributed by atoms with van der Waals surface area (Å²) in [4.78, 5) is 24.2. The smallest absolute Gasteiger partial charge is 0.316 e. The van der Waals surface area contributed by atoms with E-state index in [4.69, 9.17) is 16.3 Å². The Kier molecular flexibility index (Phi) is 5.08. The van der Waals surface area contributed by atoms with Gasteiger partial charge in [0.1, 0.15) is 0 Å². The van der Waals surface area contributed by atoms with Crippen LogP contribution in [-0.4, -0.2) is 30.3 Å². The van der Waals surface area contributed by atoms with Gasteiger partial charge in [-0.3, -0.25) is 9.59 Å². The van der Waals surface area contributed by atoms with Crippen LogP contribution in [0.1, 0.15) is 12.8 Å². The molecule has 1 N–H and O–H groups in total. The fraction of sp³-hybridized carbons (Fsp3) is 0.294. The number of fused-ring (bicyclic) bond motifs is 1. The third-order valence-corrected chi connectivity index (χ3v) is 4.81. The summed E-state index contributed by atoms with van der Waals surface area (Å²) in [5.74, 6) is -0.509. The highest BCUT2D eigenvalue weighted by Gasteiger charge is 2.23. The van der Waals surface area contributed by atoms with Crippen molar-refractivity contribution in [3.63, 3.8) is 0 Å². The Balaban J connectivity index is 1.55. The second-order valence-corrected chi connectivity index (χ2v) is 6.81. The molecule has 1 saturated carbocycles. The van der Waals surface area contributed by atoms with Gasteiger partial charge < -0.3 is 10.1 Å². The fourth-order valence-electron chi connectivity index (χ4n) is 2.20. The first-order valence-electron chi connectivity index (χ1n) is 7.38. The molecule has 0 spiro atoms. The molecule has 6 heteroatoms. The molecule has 120 valence electrons. The molecule has 0 atom stereocenters. The SMILES string of the molecule is O=C(COC(=O)CSc1cccc2cccc(Cl)c12)NC1CC1. The first kappa shape index (κ1) is 16.1. The van der Waals surface area contributed by atoms with Crippen LogP contribution >= 0.6 is 23.4 Å². The van der Waals surface area contributed by atoms with Gasteiger partial charge in [0, 0.05) is 21.3 Å². The zero-order valence-corrected chi connectivity index (χ0v) is 14.0. The number of hydrogen-bond acceptors (Lipinski definition) is 4. The lowest BCUT2D eigenvalue weighted by Crippen LogP contribution is -2.30. The van der Waals surface area contributed by atoms with Crippen molar-refractivity contribution in [3.05, 3.63) is 41.4 Å². The summed E-state index contributed by atoms with van der Waals surface area (Å²) < 4.78 is 4.99. The van der Waals surface area contributed by atoms with E-state index in [0.29, 0.717) is 5.02 Å². The maximum atomic E-state index is 11.8. The maximum absolute atomic E-state index is 11.8. The molecule has 0 unspecified atom stereocenters. The van der Waals surface area contributed by atoms with Gasteiger partial charge in [-0.15, -0.1) is 11.8 Å². The highest BCUT2D eigenvalue weighted by Crippen LogP contribution is 2.33. The molecular formula is C17H16ClNO3S. The Labute approximate surface area is 143 Å². The van der Waals surface area contributed by atoms with Gasteiger partial charge in [-0.2, -0.15) is 0 Å². The number of rotatable bonds is 6. The average molecular weight is 350 g/mol. The topological polar surface area (TPSA) is 55.4 Å². The number of carbonyl (C=O) groups is 2. The molecule has 1 fully saturated rings. The zero-order chi connectivity index (χ0) is 16.2. The van der Waals surface area contributed by atoms with Crippen molar-refractivity contribution in [3.8, 4) is 0 Å². The van der Waals surface area contributed by atoms with Crippen molar-refractivity contribution in [1.82, 2.24) is 5.32 Å². The first-order valence-corrected chi connectivity index (χ1v) is 8.75. The number of carbonyl (C=O) groups excluding carboxylic acids is 2. The molecule has 3 rings (SSSR count). The summed E-state index contributed by atoms with van der Waals surface area (Å²) in [6.07, 6.45) is 2.02. The summed E-state index contributed by atoms with van der Waals surface area (Å²) in [5, 5.41) is 5.39. The Morgan fingerprint density at radius 3 is 2.70 bits per heavy atom. The Morgan fingerprint density at radius 1 is 1.22 bits per heavy atom. The van der Waals surface area contributed by atoms with Gasteiger partial charge in [0.2, 0.25) is 0 Å². The number of nitrogens with one attached hydrogen (secondary N) is 1. The molecule has 0 aliphatic heterocycles. The van der Waals surface area contributed by atoms with Crippen LogP contribution < -0.4 is 5.32 Å². The van der Waals surface area contributed by atoms with Crippen LogP contribution in [0.4, 0.5) is 0 Å². The molecule has 23 heavy (non-hydrogen) atoms. The summed E-state index contributed by atoms with van der Waals surface area (Å²) in [6, 6.07) is 11.8. The van der Waals surface area contributed by atoms with E-state index >= 15 is 0 Å². The van der Waals surface area contributed by atoms with Gasteiger partial charge in [-0.25, -0.2) is 0 Å². The van der Waals surface area contributed by atoms with Crippen molar-refractivity contribution < 1.29 is 14.3 Å². The van der Waals surface area contributed by atoms with Gasteiger partial charge in [0.15, 0.2) is 6.61 Å². The number of halogens is 1. The van der Waals surface area contributed by atoms with Gasteiger partial charge in [-0.05, 0) is 30.4 Å². The molecule has 0 saturated heterocycles. The fourth-order valence-corrected chi connectivity index (χ4v) is 3.45. The minimum atomic E-state index is -0.412. The number of benzene rings is 2. The van der Waals surface area contributed by atoms with Crippen LogP contribution in [0, 0.1) is 0 Å². The highest BCUT2D eigenvalue weighted by atomic mass is 35.5. The van der Waals surface area contributed by atoms with Crippen molar-refractivity contribution in [2.75, 3.05) is 12.4 Å². The lowest BCUT2D eigenvalue weighted by atomic mass is 10.1. The van der Waals surface area contributed by atoms with Crippen LogP contribution in [0.25, 0.3) is 10.8 Å². The molecule has 0 radical (unpaired) electrons. The monoisotopic (exact) mass is 349 g/mol. The Morgan fingerprint density at radius 2 is 1.96 bits per heavy atom. The lowest BCUT2D eigenvalue weighted by molar-refractivity contribution is -0.145. The van der Waals surface area contributed by atoms with Crippen molar-refractivity contribution in [1.29, 1.82) is 0 Å². The third kappa shape index (κ3) is 4.39. The van der Waals surface area contributed by atoms with Gasteiger partial charge in [0.25, 0.3) is 5.91 Å². The van der Waals surface area contributed by atoms with Crippen LogP contribution in [0.2, 0.25) is 5.02 Å². The van der Waals surface area contributed by atoms with E-state index < -0.39 is 5.97 Å². The number of hydrogen-bond donors (Lipinski definition) is 1. The number of thioether (sulfide) groups is 1. The first-order chi connectivity index (χ1) is 11.1. The normalized spacial score (nSPS) is 13.8. The maximum Gasteiger partial charge on any atom is 0.316 e. The predicted molar refractivity (Wildman–Crippen MR) is 91.8 cm³/mol. The Hall–Kier alpha value is -1.72. The van der Waals surface area contributed by atoms with Gasteiger partial charge >= 0.3 is 5.97 Å². The summed E-state index contributed by atoms with van der Waals surface area (Å²) in [5.41, 5.74) is 0.